The van der Waals surface area contributed by atoms with Crippen molar-refractivity contribution in [3.8, 4) is 11.5 Å². The standard InChI is InChI=1S/C33H24Br2Cl2N2O6/c1-45-23-13-21(27(34)28(35)29(23)40)24-18-10-11-19-25(32(43)38(30(19)41)16-6-2-14(36)3-7-16)20(18)12-22-26(24)33(44)39(31(22)42)17-8-4-15(37)5-9-17/h2-10,13,19-20,22,24-26,40H,11-12H2,1H3. The molecular weight excluding hydrogens is 751 g/mol. The monoisotopic (exact) mass is 772 g/mol. The summed E-state index contributed by atoms with van der Waals surface area (Å²) in [5, 5.41) is 11.7. The zero-order valence-electron chi connectivity index (χ0n) is 23.5. The molecule has 1 saturated carbocycles. The highest BCUT2D eigenvalue weighted by Gasteiger charge is 2.62. The zero-order chi connectivity index (χ0) is 31.9. The second-order valence-electron chi connectivity index (χ2n) is 11.6. The molecule has 4 amide bonds. The number of hydrogen-bond donors (Lipinski definition) is 1. The molecule has 6 atom stereocenters. The van der Waals surface area contributed by atoms with Gasteiger partial charge in [-0.05, 0) is 111 Å². The number of carbonyl (C=O) groups is 4. The van der Waals surface area contributed by atoms with Gasteiger partial charge in [0.2, 0.25) is 23.6 Å². The number of rotatable bonds is 4. The van der Waals surface area contributed by atoms with Crippen molar-refractivity contribution in [3.63, 3.8) is 0 Å². The molecule has 1 N–H and O–H groups in total. The molecule has 8 nitrogen and oxygen atoms in total. The molecule has 2 heterocycles. The van der Waals surface area contributed by atoms with Crippen LogP contribution < -0.4 is 14.5 Å². The number of imide groups is 2. The molecule has 0 aromatic heterocycles. The number of hydrogen-bond acceptors (Lipinski definition) is 6. The smallest absolute Gasteiger partial charge is 0.238 e. The molecule has 3 aromatic rings. The normalized spacial score (nSPS) is 27.4. The fourth-order valence-corrected chi connectivity index (χ4v) is 8.84. The number of phenols is 1. The van der Waals surface area contributed by atoms with Gasteiger partial charge in [0.05, 0.1) is 46.6 Å². The third kappa shape index (κ3) is 4.59. The fourth-order valence-electron chi connectivity index (χ4n) is 7.62. The number of allylic oxidation sites excluding steroid dienone is 2. The topological polar surface area (TPSA) is 104 Å². The minimum absolute atomic E-state index is 0.124. The number of benzene rings is 3. The van der Waals surface area contributed by atoms with Crippen LogP contribution in [0.2, 0.25) is 10.0 Å². The summed E-state index contributed by atoms with van der Waals surface area (Å²) in [6.45, 7) is 0. The van der Waals surface area contributed by atoms with Crippen molar-refractivity contribution in [2.24, 2.45) is 29.6 Å². The Morgan fingerprint density at radius 3 is 1.84 bits per heavy atom. The summed E-state index contributed by atoms with van der Waals surface area (Å²) in [4.78, 5) is 58.8. The Balaban J connectivity index is 1.38. The summed E-state index contributed by atoms with van der Waals surface area (Å²) in [6.07, 6.45) is 2.49. The Kier molecular flexibility index (Phi) is 7.62. The van der Waals surface area contributed by atoms with E-state index in [0.29, 0.717) is 42.3 Å². The third-order valence-electron chi connectivity index (χ3n) is 9.55. The van der Waals surface area contributed by atoms with E-state index >= 15 is 0 Å². The van der Waals surface area contributed by atoms with Crippen molar-refractivity contribution in [1.29, 1.82) is 0 Å². The maximum Gasteiger partial charge on any atom is 0.238 e. The molecular formula is C33H24Br2Cl2N2O6. The van der Waals surface area contributed by atoms with Crippen LogP contribution in [0.25, 0.3) is 0 Å². The summed E-state index contributed by atoms with van der Waals surface area (Å²) >= 11 is 19.2. The SMILES string of the molecule is COc1cc(C2C3=CCC4C(=O)N(c5ccc(Cl)cc5)C(=O)C4C3CC3C(=O)N(c4ccc(Cl)cc4)C(=O)C32)c(Br)c(Br)c1O. The highest BCUT2D eigenvalue weighted by Crippen LogP contribution is 2.60. The van der Waals surface area contributed by atoms with Crippen LogP contribution in [0.15, 0.2) is 75.2 Å². The first kappa shape index (κ1) is 30.5. The first-order valence-electron chi connectivity index (χ1n) is 14.2. The number of phenolic OH excluding ortho intramolecular Hbond substituents is 1. The lowest BCUT2D eigenvalue weighted by Gasteiger charge is -2.44. The molecule has 3 fully saturated rings. The Labute approximate surface area is 285 Å². The lowest BCUT2D eigenvalue weighted by molar-refractivity contribution is -0.126. The van der Waals surface area contributed by atoms with E-state index in [4.69, 9.17) is 27.9 Å². The van der Waals surface area contributed by atoms with Crippen molar-refractivity contribution >= 4 is 90.1 Å². The minimum atomic E-state index is -0.802. The van der Waals surface area contributed by atoms with Gasteiger partial charge < -0.3 is 9.84 Å². The van der Waals surface area contributed by atoms with Gasteiger partial charge >= 0.3 is 0 Å². The van der Waals surface area contributed by atoms with Gasteiger partial charge in [-0.15, -0.1) is 0 Å². The summed E-state index contributed by atoms with van der Waals surface area (Å²) < 4.78 is 6.30. The van der Waals surface area contributed by atoms with Crippen LogP contribution in [0, 0.1) is 29.6 Å². The molecule has 2 saturated heterocycles. The van der Waals surface area contributed by atoms with Crippen LogP contribution in [0.5, 0.6) is 11.5 Å². The number of anilines is 2. The molecule has 0 bridgehead atoms. The minimum Gasteiger partial charge on any atom is -0.503 e. The Bertz CT molecular complexity index is 1830. The van der Waals surface area contributed by atoms with E-state index in [1.54, 1.807) is 54.6 Å². The van der Waals surface area contributed by atoms with Gasteiger partial charge in [0, 0.05) is 20.4 Å². The number of carbonyl (C=O) groups excluding carboxylic acids is 4. The Morgan fingerprint density at radius 2 is 1.29 bits per heavy atom. The predicted octanol–water partition coefficient (Wildman–Crippen LogP) is 7.28. The van der Waals surface area contributed by atoms with E-state index in [1.807, 2.05) is 6.08 Å². The maximum atomic E-state index is 14.3. The zero-order valence-corrected chi connectivity index (χ0v) is 28.2. The molecule has 2 aliphatic carbocycles. The largest absolute Gasteiger partial charge is 0.503 e. The molecule has 4 aliphatic rings. The third-order valence-corrected chi connectivity index (χ3v) is 12.2. The van der Waals surface area contributed by atoms with Gasteiger partial charge in [-0.3, -0.25) is 29.0 Å². The number of fused-ring (bicyclic) bond motifs is 4. The Morgan fingerprint density at radius 1 is 0.756 bits per heavy atom. The fraction of sp³-hybridized carbons (Fsp3) is 0.273. The second kappa shape index (κ2) is 11.3. The van der Waals surface area contributed by atoms with Gasteiger partial charge in [-0.1, -0.05) is 34.9 Å². The number of ether oxygens (including phenoxy) is 1. The molecule has 0 spiro atoms. The average molecular weight is 775 g/mol. The van der Waals surface area contributed by atoms with E-state index in [2.05, 4.69) is 31.9 Å². The van der Waals surface area contributed by atoms with Crippen molar-refractivity contribution in [1.82, 2.24) is 0 Å². The van der Waals surface area contributed by atoms with Gasteiger partial charge in [-0.25, -0.2) is 0 Å². The second-order valence-corrected chi connectivity index (χ2v) is 14.1. The van der Waals surface area contributed by atoms with Crippen molar-refractivity contribution < 1.29 is 29.0 Å². The predicted molar refractivity (Wildman–Crippen MR) is 175 cm³/mol. The van der Waals surface area contributed by atoms with Crippen LogP contribution in [-0.2, 0) is 19.2 Å². The molecule has 2 aliphatic heterocycles. The maximum absolute atomic E-state index is 14.3. The van der Waals surface area contributed by atoms with Crippen molar-refractivity contribution in [2.45, 2.75) is 18.8 Å². The lowest BCUT2D eigenvalue weighted by Crippen LogP contribution is -2.43. The molecule has 7 rings (SSSR count). The van der Waals surface area contributed by atoms with Gasteiger partial charge in [0.1, 0.15) is 0 Å². The highest BCUT2D eigenvalue weighted by molar-refractivity contribution is 9.13. The van der Waals surface area contributed by atoms with Crippen LogP contribution >= 0.6 is 55.1 Å². The number of methoxy groups -OCH3 is 1. The molecule has 12 heteroatoms. The lowest BCUT2D eigenvalue weighted by atomic mass is 9.57. The van der Waals surface area contributed by atoms with Crippen LogP contribution in [-0.4, -0.2) is 35.8 Å². The molecule has 45 heavy (non-hydrogen) atoms. The molecule has 230 valence electrons. The van der Waals surface area contributed by atoms with Gasteiger partial charge in [-0.2, -0.15) is 0 Å². The van der Waals surface area contributed by atoms with E-state index in [9.17, 15) is 24.3 Å². The first-order chi connectivity index (χ1) is 21.5. The van der Waals surface area contributed by atoms with E-state index in [0.717, 1.165) is 5.57 Å². The van der Waals surface area contributed by atoms with Crippen LogP contribution in [0.4, 0.5) is 11.4 Å². The summed E-state index contributed by atoms with van der Waals surface area (Å²) in [6, 6.07) is 14.7. The molecule has 6 unspecified atom stereocenters. The van der Waals surface area contributed by atoms with Crippen LogP contribution in [0.3, 0.4) is 0 Å². The molecule has 0 radical (unpaired) electrons. The summed E-state index contributed by atoms with van der Waals surface area (Å²) in [5.74, 6) is -5.36. The number of nitrogens with zero attached hydrogens (tertiary/aromatic N) is 2. The van der Waals surface area contributed by atoms with Gasteiger partial charge in [0.15, 0.2) is 11.5 Å². The van der Waals surface area contributed by atoms with Crippen molar-refractivity contribution in [2.75, 3.05) is 16.9 Å². The van der Waals surface area contributed by atoms with Crippen molar-refractivity contribution in [3.05, 3.63) is 90.8 Å². The number of halogens is 4. The summed E-state index contributed by atoms with van der Waals surface area (Å²) in [7, 11) is 1.43. The highest BCUT2D eigenvalue weighted by atomic mass is 79.9. The molecule has 3 aromatic carbocycles. The Hall–Kier alpha value is -3.18. The van der Waals surface area contributed by atoms with Gasteiger partial charge in [0.25, 0.3) is 0 Å². The van der Waals surface area contributed by atoms with E-state index in [-0.39, 0.29) is 41.5 Å². The average Bonchev–Trinajstić information content (AvgIpc) is 3.44. The van der Waals surface area contributed by atoms with Crippen LogP contribution in [0.1, 0.15) is 24.3 Å². The van der Waals surface area contributed by atoms with E-state index < -0.39 is 35.5 Å². The number of aromatic hydroxyl groups is 1. The first-order valence-corrected chi connectivity index (χ1v) is 16.6. The summed E-state index contributed by atoms with van der Waals surface area (Å²) in [5.41, 5.74) is 2.27. The quantitative estimate of drug-likeness (QED) is 0.221. The number of amides is 4. The van der Waals surface area contributed by atoms with E-state index in [1.165, 1.54) is 16.9 Å².